The zero-order valence-corrected chi connectivity index (χ0v) is 15.2. The normalized spacial score (nSPS) is 13.0. The molecule has 0 aliphatic rings. The van der Waals surface area contributed by atoms with E-state index in [1.54, 1.807) is 17.7 Å². The molecule has 0 fully saturated rings. The van der Waals surface area contributed by atoms with Gasteiger partial charge in [0.05, 0.1) is 0 Å². The summed E-state index contributed by atoms with van der Waals surface area (Å²) in [6.45, 7) is 8.52. The van der Waals surface area contributed by atoms with Crippen LogP contribution in [0.1, 0.15) is 43.9 Å². The zero-order chi connectivity index (χ0) is 15.2. The van der Waals surface area contributed by atoms with Crippen LogP contribution in [-0.2, 0) is 13.0 Å². The largest absolute Gasteiger partial charge is 0.309 e. The molecule has 2 aromatic rings. The molecule has 2 heterocycles. The molecule has 0 radical (unpaired) electrons. The van der Waals surface area contributed by atoms with Crippen LogP contribution in [0, 0.1) is 5.92 Å². The van der Waals surface area contributed by atoms with Crippen molar-refractivity contribution in [2.45, 2.75) is 46.2 Å². The average molecular weight is 371 g/mol. The molecular weight excluding hydrogens is 348 g/mol. The molecule has 0 aromatic carbocycles. The van der Waals surface area contributed by atoms with Gasteiger partial charge in [-0.3, -0.25) is 0 Å². The van der Waals surface area contributed by atoms with Crippen molar-refractivity contribution < 1.29 is 0 Å². The molecule has 0 aliphatic heterocycles. The van der Waals surface area contributed by atoms with E-state index in [-0.39, 0.29) is 6.04 Å². The first kappa shape index (κ1) is 16.6. The molecule has 1 unspecified atom stereocenters. The highest BCUT2D eigenvalue weighted by molar-refractivity contribution is 9.10. The molecule has 21 heavy (non-hydrogen) atoms. The smallest absolute Gasteiger partial charge is 0.138 e. The highest BCUT2D eigenvalue weighted by atomic mass is 79.9. The van der Waals surface area contributed by atoms with E-state index < -0.39 is 0 Å². The predicted octanol–water partition coefficient (Wildman–Crippen LogP) is 4.04. The topological polar surface area (TPSA) is 42.7 Å². The van der Waals surface area contributed by atoms with Crippen LogP contribution < -0.4 is 5.32 Å². The van der Waals surface area contributed by atoms with Gasteiger partial charge in [-0.2, -0.15) is 5.10 Å². The van der Waals surface area contributed by atoms with Crippen LogP contribution in [0.2, 0.25) is 0 Å². The Morgan fingerprint density at radius 2 is 2.24 bits per heavy atom. The second kappa shape index (κ2) is 8.06. The van der Waals surface area contributed by atoms with Gasteiger partial charge in [0.2, 0.25) is 0 Å². The van der Waals surface area contributed by atoms with Crippen molar-refractivity contribution in [3.05, 3.63) is 32.9 Å². The summed E-state index contributed by atoms with van der Waals surface area (Å²) < 4.78 is 3.21. The number of nitrogens with zero attached hydrogens (tertiary/aromatic N) is 3. The van der Waals surface area contributed by atoms with Crippen LogP contribution in [0.3, 0.4) is 0 Å². The number of nitrogens with one attached hydrogen (secondary N) is 1. The van der Waals surface area contributed by atoms with Crippen LogP contribution in [-0.4, -0.2) is 21.3 Å². The van der Waals surface area contributed by atoms with E-state index >= 15 is 0 Å². The summed E-state index contributed by atoms with van der Waals surface area (Å²) in [7, 11) is 0. The van der Waals surface area contributed by atoms with Crippen LogP contribution in [0.4, 0.5) is 0 Å². The zero-order valence-electron chi connectivity index (χ0n) is 12.8. The van der Waals surface area contributed by atoms with E-state index in [1.807, 2.05) is 4.68 Å². The molecule has 116 valence electrons. The molecular formula is C15H23BrN4S. The molecule has 1 N–H and O–H groups in total. The van der Waals surface area contributed by atoms with Crippen molar-refractivity contribution in [2.75, 3.05) is 6.54 Å². The quantitative estimate of drug-likeness (QED) is 0.762. The fourth-order valence-electron chi connectivity index (χ4n) is 2.26. The Labute approximate surface area is 139 Å². The second-order valence-electron chi connectivity index (χ2n) is 5.60. The van der Waals surface area contributed by atoms with Gasteiger partial charge in [0.1, 0.15) is 12.2 Å². The van der Waals surface area contributed by atoms with E-state index in [0.717, 1.165) is 31.8 Å². The fraction of sp³-hybridized carbons (Fsp3) is 0.600. The number of hydrogen-bond donors (Lipinski definition) is 1. The van der Waals surface area contributed by atoms with Gasteiger partial charge in [-0.05, 0) is 46.3 Å². The highest BCUT2D eigenvalue weighted by Crippen LogP contribution is 2.30. The van der Waals surface area contributed by atoms with Gasteiger partial charge in [-0.15, -0.1) is 11.3 Å². The highest BCUT2D eigenvalue weighted by Gasteiger charge is 2.19. The van der Waals surface area contributed by atoms with E-state index in [2.05, 4.69) is 63.5 Å². The summed E-state index contributed by atoms with van der Waals surface area (Å²) in [5.74, 6) is 1.62. The molecule has 0 saturated carbocycles. The predicted molar refractivity (Wildman–Crippen MR) is 91.6 cm³/mol. The summed E-state index contributed by atoms with van der Waals surface area (Å²) in [6, 6.07) is 2.40. The third kappa shape index (κ3) is 4.63. The van der Waals surface area contributed by atoms with Gasteiger partial charge in [-0.25, -0.2) is 9.67 Å². The van der Waals surface area contributed by atoms with Crippen molar-refractivity contribution in [1.82, 2.24) is 20.1 Å². The van der Waals surface area contributed by atoms with E-state index in [0.29, 0.717) is 5.92 Å². The minimum Gasteiger partial charge on any atom is -0.309 e. The van der Waals surface area contributed by atoms with Gasteiger partial charge in [0, 0.05) is 28.4 Å². The average Bonchev–Trinajstić information content (AvgIpc) is 3.03. The lowest BCUT2D eigenvalue weighted by Crippen LogP contribution is -2.25. The maximum Gasteiger partial charge on any atom is 0.138 e. The molecule has 0 spiro atoms. The summed E-state index contributed by atoms with van der Waals surface area (Å²) in [4.78, 5) is 5.79. The van der Waals surface area contributed by atoms with Gasteiger partial charge in [0.15, 0.2) is 0 Å². The SMILES string of the molecule is CCCNC(Cc1ncnn1CC(C)C)c1sccc1Br. The lowest BCUT2D eigenvalue weighted by Gasteiger charge is -2.18. The minimum absolute atomic E-state index is 0.287. The van der Waals surface area contributed by atoms with Crippen LogP contribution in [0.5, 0.6) is 0 Å². The van der Waals surface area contributed by atoms with E-state index in [9.17, 15) is 0 Å². The molecule has 4 nitrogen and oxygen atoms in total. The Balaban J connectivity index is 2.15. The lowest BCUT2D eigenvalue weighted by atomic mass is 10.1. The van der Waals surface area contributed by atoms with Crippen LogP contribution in [0.15, 0.2) is 22.2 Å². The molecule has 0 bridgehead atoms. The Morgan fingerprint density at radius 1 is 1.43 bits per heavy atom. The lowest BCUT2D eigenvalue weighted by molar-refractivity contribution is 0.445. The number of thiophene rings is 1. The first-order chi connectivity index (χ1) is 10.1. The monoisotopic (exact) mass is 370 g/mol. The molecule has 6 heteroatoms. The summed E-state index contributed by atoms with van der Waals surface area (Å²) in [5, 5.41) is 10.1. The van der Waals surface area contributed by atoms with E-state index in [4.69, 9.17) is 0 Å². The minimum atomic E-state index is 0.287. The van der Waals surface area contributed by atoms with Gasteiger partial charge < -0.3 is 5.32 Å². The maximum atomic E-state index is 4.46. The maximum absolute atomic E-state index is 4.46. The third-order valence-electron chi connectivity index (χ3n) is 3.22. The Hall–Kier alpha value is -0.720. The summed E-state index contributed by atoms with van der Waals surface area (Å²) in [6.07, 6.45) is 3.65. The van der Waals surface area contributed by atoms with E-state index in [1.165, 1.54) is 9.35 Å². The van der Waals surface area contributed by atoms with Crippen molar-refractivity contribution in [3.8, 4) is 0 Å². The summed E-state index contributed by atoms with van der Waals surface area (Å²) in [5.41, 5.74) is 0. The number of rotatable bonds is 8. The van der Waals surface area contributed by atoms with Crippen molar-refractivity contribution in [1.29, 1.82) is 0 Å². The Morgan fingerprint density at radius 3 is 2.86 bits per heavy atom. The van der Waals surface area contributed by atoms with Crippen molar-refractivity contribution >= 4 is 27.3 Å². The first-order valence-corrected chi connectivity index (χ1v) is 9.12. The van der Waals surface area contributed by atoms with Gasteiger partial charge >= 0.3 is 0 Å². The third-order valence-corrected chi connectivity index (χ3v) is 5.21. The molecule has 1 atom stereocenters. The first-order valence-electron chi connectivity index (χ1n) is 7.44. The Bertz CT molecular complexity index is 549. The standard InChI is InChI=1S/C15H23BrN4S/c1-4-6-17-13(15-12(16)5-7-21-15)8-14-18-10-19-20(14)9-11(2)3/h5,7,10-11,13,17H,4,6,8-9H2,1-3H3. The number of halogens is 1. The van der Waals surface area contributed by atoms with Crippen LogP contribution in [0.25, 0.3) is 0 Å². The Kier molecular flexibility index (Phi) is 6.39. The van der Waals surface area contributed by atoms with Crippen molar-refractivity contribution in [3.63, 3.8) is 0 Å². The number of aromatic nitrogens is 3. The number of hydrogen-bond acceptors (Lipinski definition) is 4. The summed E-state index contributed by atoms with van der Waals surface area (Å²) >= 11 is 5.43. The molecule has 0 aliphatic carbocycles. The van der Waals surface area contributed by atoms with Gasteiger partial charge in [-0.1, -0.05) is 20.8 Å². The van der Waals surface area contributed by atoms with Crippen LogP contribution >= 0.6 is 27.3 Å². The fourth-order valence-corrected chi connectivity index (χ4v) is 3.98. The molecule has 2 rings (SSSR count). The molecule has 0 saturated heterocycles. The second-order valence-corrected chi connectivity index (χ2v) is 7.40. The van der Waals surface area contributed by atoms with Crippen molar-refractivity contribution in [2.24, 2.45) is 5.92 Å². The molecule has 0 amide bonds. The van der Waals surface area contributed by atoms with Gasteiger partial charge in [0.25, 0.3) is 0 Å². The molecule has 2 aromatic heterocycles.